The van der Waals surface area contributed by atoms with Crippen molar-refractivity contribution in [3.63, 3.8) is 0 Å². The lowest BCUT2D eigenvalue weighted by Gasteiger charge is -2.30. The molecule has 1 aliphatic carbocycles. The van der Waals surface area contributed by atoms with E-state index in [9.17, 15) is 0 Å². The Hall–Kier alpha value is 0.01000. The molecule has 1 fully saturated rings. The van der Waals surface area contributed by atoms with Crippen molar-refractivity contribution in [2.75, 3.05) is 12.3 Å². The molecule has 3 heteroatoms. The summed E-state index contributed by atoms with van der Waals surface area (Å²) in [6, 6.07) is 9.17. The summed E-state index contributed by atoms with van der Waals surface area (Å²) in [5.41, 5.74) is 0. The largest absolute Gasteiger partial charge is 0.313 e. The number of hydrogen-bond donors (Lipinski definition) is 1. The van der Waals surface area contributed by atoms with Crippen molar-refractivity contribution in [3.8, 4) is 0 Å². The van der Waals surface area contributed by atoms with Crippen LogP contribution in [0.4, 0.5) is 0 Å². The van der Waals surface area contributed by atoms with Crippen LogP contribution in [0.15, 0.2) is 33.6 Å². The number of thioether (sulfide) groups is 1. The highest BCUT2D eigenvalue weighted by molar-refractivity contribution is 9.10. The van der Waals surface area contributed by atoms with Gasteiger partial charge in [-0.1, -0.05) is 38.3 Å². The minimum Gasteiger partial charge on any atom is -0.313 e. The van der Waals surface area contributed by atoms with Crippen molar-refractivity contribution in [1.29, 1.82) is 0 Å². The Labute approximate surface area is 123 Å². The van der Waals surface area contributed by atoms with Crippen LogP contribution in [0.25, 0.3) is 0 Å². The molecule has 1 unspecified atom stereocenters. The van der Waals surface area contributed by atoms with E-state index in [0.717, 1.165) is 12.5 Å². The van der Waals surface area contributed by atoms with E-state index in [1.54, 1.807) is 0 Å². The predicted molar refractivity (Wildman–Crippen MR) is 84.3 cm³/mol. The van der Waals surface area contributed by atoms with E-state index in [0.29, 0.717) is 6.04 Å². The lowest BCUT2D eigenvalue weighted by atomic mass is 9.81. The Morgan fingerprint density at radius 1 is 1.39 bits per heavy atom. The monoisotopic (exact) mass is 327 g/mol. The average Bonchev–Trinajstić information content (AvgIpc) is 2.32. The molecule has 0 amide bonds. The highest BCUT2D eigenvalue weighted by Gasteiger charge is 2.21. The zero-order valence-electron chi connectivity index (χ0n) is 11.0. The molecule has 1 aliphatic rings. The molecule has 2 rings (SSSR count). The molecule has 18 heavy (non-hydrogen) atoms. The maximum Gasteiger partial charge on any atom is 0.0311 e. The normalized spacial score (nSPS) is 17.4. The molecular formula is C15H22BrNS. The standard InChI is InChI=1S/C15H22BrNS/c1-2-17-13(10-12-6-5-7-12)11-18-15-9-4-3-8-14(15)16/h3-4,8-9,12-13,17H,2,5-7,10-11H2,1H3. The Morgan fingerprint density at radius 2 is 2.17 bits per heavy atom. The minimum atomic E-state index is 0.664. The zero-order chi connectivity index (χ0) is 12.8. The fourth-order valence-electron chi connectivity index (χ4n) is 2.38. The van der Waals surface area contributed by atoms with Gasteiger partial charge in [-0.3, -0.25) is 0 Å². The summed E-state index contributed by atoms with van der Waals surface area (Å²) in [7, 11) is 0. The van der Waals surface area contributed by atoms with Gasteiger partial charge in [0.05, 0.1) is 0 Å². The van der Waals surface area contributed by atoms with Gasteiger partial charge in [-0.2, -0.15) is 0 Å². The minimum absolute atomic E-state index is 0.664. The predicted octanol–water partition coefficient (Wildman–Crippen LogP) is 4.71. The van der Waals surface area contributed by atoms with Gasteiger partial charge in [-0.05, 0) is 46.9 Å². The van der Waals surface area contributed by atoms with Crippen molar-refractivity contribution in [2.45, 2.75) is 43.5 Å². The van der Waals surface area contributed by atoms with Crippen molar-refractivity contribution < 1.29 is 0 Å². The molecule has 1 N–H and O–H groups in total. The summed E-state index contributed by atoms with van der Waals surface area (Å²) >= 11 is 5.58. The zero-order valence-corrected chi connectivity index (χ0v) is 13.4. The van der Waals surface area contributed by atoms with Crippen LogP contribution in [-0.2, 0) is 0 Å². The second-order valence-corrected chi connectivity index (χ2v) is 6.94. The van der Waals surface area contributed by atoms with Crippen LogP contribution in [0.2, 0.25) is 0 Å². The van der Waals surface area contributed by atoms with Crippen LogP contribution < -0.4 is 5.32 Å². The molecule has 0 heterocycles. The van der Waals surface area contributed by atoms with E-state index in [1.165, 1.54) is 40.8 Å². The average molecular weight is 328 g/mol. The molecule has 1 saturated carbocycles. The topological polar surface area (TPSA) is 12.0 Å². The molecule has 1 aromatic carbocycles. The molecule has 0 spiro atoms. The smallest absolute Gasteiger partial charge is 0.0311 e. The number of halogens is 1. The highest BCUT2D eigenvalue weighted by atomic mass is 79.9. The van der Waals surface area contributed by atoms with Gasteiger partial charge in [0.2, 0.25) is 0 Å². The van der Waals surface area contributed by atoms with E-state index in [2.05, 4.69) is 52.4 Å². The van der Waals surface area contributed by atoms with E-state index in [-0.39, 0.29) is 0 Å². The van der Waals surface area contributed by atoms with E-state index >= 15 is 0 Å². The Bertz CT molecular complexity index is 365. The third-order valence-electron chi connectivity index (χ3n) is 3.61. The molecule has 0 aliphatic heterocycles. The summed E-state index contributed by atoms with van der Waals surface area (Å²) in [4.78, 5) is 1.36. The number of rotatable bonds is 7. The summed E-state index contributed by atoms with van der Waals surface area (Å²) in [5, 5.41) is 3.64. The number of nitrogens with one attached hydrogen (secondary N) is 1. The fourth-order valence-corrected chi connectivity index (χ4v) is 4.03. The van der Waals surface area contributed by atoms with Crippen LogP contribution in [0.3, 0.4) is 0 Å². The second kappa shape index (κ2) is 7.56. The van der Waals surface area contributed by atoms with Crippen molar-refractivity contribution in [1.82, 2.24) is 5.32 Å². The van der Waals surface area contributed by atoms with E-state index in [1.807, 2.05) is 11.8 Å². The van der Waals surface area contributed by atoms with Gasteiger partial charge in [0.1, 0.15) is 0 Å². The van der Waals surface area contributed by atoms with Gasteiger partial charge < -0.3 is 5.32 Å². The maximum atomic E-state index is 3.64. The van der Waals surface area contributed by atoms with Crippen LogP contribution in [0.1, 0.15) is 32.6 Å². The molecule has 100 valence electrons. The molecule has 0 bridgehead atoms. The maximum absolute atomic E-state index is 3.64. The Kier molecular flexibility index (Phi) is 6.06. The molecule has 1 nitrogen and oxygen atoms in total. The van der Waals surface area contributed by atoms with Crippen LogP contribution in [-0.4, -0.2) is 18.3 Å². The first-order valence-electron chi connectivity index (χ1n) is 6.90. The SMILES string of the molecule is CCNC(CSc1ccccc1Br)CC1CCC1. The third-order valence-corrected chi connectivity index (χ3v) is 5.80. The molecular weight excluding hydrogens is 306 g/mol. The molecule has 0 radical (unpaired) electrons. The molecule has 1 aromatic rings. The molecule has 1 atom stereocenters. The fraction of sp³-hybridized carbons (Fsp3) is 0.600. The number of benzene rings is 1. The van der Waals surface area contributed by atoms with Gasteiger partial charge in [-0.25, -0.2) is 0 Å². The van der Waals surface area contributed by atoms with Gasteiger partial charge in [0, 0.05) is 21.2 Å². The number of hydrogen-bond acceptors (Lipinski definition) is 2. The van der Waals surface area contributed by atoms with Crippen LogP contribution in [0.5, 0.6) is 0 Å². The van der Waals surface area contributed by atoms with E-state index in [4.69, 9.17) is 0 Å². The highest BCUT2D eigenvalue weighted by Crippen LogP contribution is 2.33. The van der Waals surface area contributed by atoms with Gasteiger partial charge in [0.25, 0.3) is 0 Å². The summed E-state index contributed by atoms with van der Waals surface area (Å²) in [6.07, 6.45) is 5.69. The first kappa shape index (κ1) is 14.4. The second-order valence-electron chi connectivity index (χ2n) is 5.03. The lowest BCUT2D eigenvalue weighted by molar-refractivity contribution is 0.269. The quantitative estimate of drug-likeness (QED) is 0.728. The summed E-state index contributed by atoms with van der Waals surface area (Å²) < 4.78 is 1.22. The van der Waals surface area contributed by atoms with Crippen molar-refractivity contribution in [3.05, 3.63) is 28.7 Å². The van der Waals surface area contributed by atoms with E-state index < -0.39 is 0 Å². The first-order valence-corrected chi connectivity index (χ1v) is 8.68. The van der Waals surface area contributed by atoms with Crippen molar-refractivity contribution >= 4 is 27.7 Å². The Balaban J connectivity index is 1.82. The molecule has 0 aromatic heterocycles. The third kappa shape index (κ3) is 4.29. The van der Waals surface area contributed by atoms with Crippen molar-refractivity contribution in [2.24, 2.45) is 5.92 Å². The van der Waals surface area contributed by atoms with Gasteiger partial charge in [-0.15, -0.1) is 11.8 Å². The van der Waals surface area contributed by atoms with Crippen LogP contribution in [0, 0.1) is 5.92 Å². The van der Waals surface area contributed by atoms with Gasteiger partial charge >= 0.3 is 0 Å². The summed E-state index contributed by atoms with van der Waals surface area (Å²) in [5.74, 6) is 2.15. The Morgan fingerprint density at radius 3 is 2.78 bits per heavy atom. The first-order chi connectivity index (χ1) is 8.79. The van der Waals surface area contributed by atoms with Gasteiger partial charge in [0.15, 0.2) is 0 Å². The van der Waals surface area contributed by atoms with Crippen LogP contribution >= 0.6 is 27.7 Å². The molecule has 0 saturated heterocycles. The summed E-state index contributed by atoms with van der Waals surface area (Å²) in [6.45, 7) is 3.28. The lowest BCUT2D eigenvalue weighted by Crippen LogP contribution is -2.34.